The average molecular weight is 406 g/mol. The van der Waals surface area contributed by atoms with Crippen LogP contribution < -0.4 is 4.80 Å². The highest BCUT2D eigenvalue weighted by Crippen LogP contribution is 2.19. The van der Waals surface area contributed by atoms with E-state index < -0.39 is 5.91 Å². The summed E-state index contributed by atoms with van der Waals surface area (Å²) < 4.78 is 7.71. The van der Waals surface area contributed by atoms with Gasteiger partial charge in [0.1, 0.15) is 12.2 Å². The summed E-state index contributed by atoms with van der Waals surface area (Å²) in [7, 11) is 0. The van der Waals surface area contributed by atoms with Gasteiger partial charge in [-0.25, -0.2) is 4.98 Å². The summed E-state index contributed by atoms with van der Waals surface area (Å²) in [6.45, 7) is 4.01. The molecule has 2 aromatic carbocycles. The van der Waals surface area contributed by atoms with Crippen LogP contribution >= 0.6 is 11.3 Å². The van der Waals surface area contributed by atoms with Gasteiger partial charge in [0.2, 0.25) is 0 Å². The zero-order valence-electron chi connectivity index (χ0n) is 16.0. The molecule has 0 saturated heterocycles. The highest BCUT2D eigenvalue weighted by molar-refractivity contribution is 7.16. The molecule has 0 unspecified atom stereocenters. The maximum absolute atomic E-state index is 12.8. The first-order chi connectivity index (χ1) is 14.0. The Hall–Kier alpha value is -3.39. The van der Waals surface area contributed by atoms with Crippen LogP contribution in [-0.2, 0) is 16.1 Å². The van der Waals surface area contributed by atoms with Crippen LogP contribution in [0.15, 0.2) is 53.7 Å². The summed E-state index contributed by atoms with van der Waals surface area (Å²) in [5, 5.41) is 0. The largest absolute Gasteiger partial charge is 0.465 e. The molecule has 4 rings (SSSR count). The number of hydrogen-bond acceptors (Lipinski definition) is 6. The lowest BCUT2D eigenvalue weighted by Crippen LogP contribution is -2.23. The Labute approximate surface area is 170 Å². The lowest BCUT2D eigenvalue weighted by molar-refractivity contribution is -0.143. The Balaban J connectivity index is 1.80. The van der Waals surface area contributed by atoms with Crippen LogP contribution in [0, 0.1) is 6.92 Å². The SMILES string of the molecule is CCOC(=O)Cn1c(=NC(=O)c2cnc3ccccc3n2)sc2cc(C)ccc21. The predicted octanol–water partition coefficient (Wildman–Crippen LogP) is 3.26. The Morgan fingerprint density at radius 1 is 1.17 bits per heavy atom. The van der Waals surface area contributed by atoms with Crippen LogP contribution in [0.4, 0.5) is 0 Å². The van der Waals surface area contributed by atoms with Crippen molar-refractivity contribution >= 4 is 44.5 Å². The van der Waals surface area contributed by atoms with Crippen LogP contribution in [-0.4, -0.2) is 33.0 Å². The first kappa shape index (κ1) is 18.9. The Morgan fingerprint density at radius 3 is 2.76 bits per heavy atom. The van der Waals surface area contributed by atoms with Crippen LogP contribution in [0.1, 0.15) is 23.0 Å². The third-order valence-electron chi connectivity index (χ3n) is 4.30. The van der Waals surface area contributed by atoms with Crippen molar-refractivity contribution in [2.45, 2.75) is 20.4 Å². The molecule has 0 radical (unpaired) electrons. The number of nitrogens with zero attached hydrogens (tertiary/aromatic N) is 4. The van der Waals surface area contributed by atoms with Crippen LogP contribution in [0.2, 0.25) is 0 Å². The van der Waals surface area contributed by atoms with Crippen molar-refractivity contribution in [3.63, 3.8) is 0 Å². The molecule has 1 amide bonds. The minimum atomic E-state index is -0.510. The second-order valence-corrected chi connectivity index (χ2v) is 7.42. The second kappa shape index (κ2) is 7.92. The number of hydrogen-bond donors (Lipinski definition) is 0. The summed E-state index contributed by atoms with van der Waals surface area (Å²) in [5.41, 5.74) is 3.39. The zero-order chi connectivity index (χ0) is 20.4. The normalized spacial score (nSPS) is 11.9. The standard InChI is InChI=1S/C21H18N4O3S/c1-3-28-19(26)12-25-17-9-8-13(2)10-18(17)29-21(25)24-20(27)16-11-22-14-6-4-5-7-15(14)23-16/h4-11H,3,12H2,1-2H3. The van der Waals surface area contributed by atoms with Crippen LogP contribution in [0.25, 0.3) is 21.3 Å². The molecular weight excluding hydrogens is 388 g/mol. The molecule has 4 aromatic rings. The maximum Gasteiger partial charge on any atom is 0.326 e. The van der Waals surface area contributed by atoms with Gasteiger partial charge in [0.25, 0.3) is 5.91 Å². The molecule has 0 saturated carbocycles. The topological polar surface area (TPSA) is 86.4 Å². The van der Waals surface area contributed by atoms with E-state index in [-0.39, 0.29) is 18.2 Å². The minimum Gasteiger partial charge on any atom is -0.465 e. The fourth-order valence-corrected chi connectivity index (χ4v) is 4.08. The third-order valence-corrected chi connectivity index (χ3v) is 5.34. The number of fused-ring (bicyclic) bond motifs is 2. The van der Waals surface area contributed by atoms with Crippen LogP contribution in [0.3, 0.4) is 0 Å². The summed E-state index contributed by atoms with van der Waals surface area (Å²) in [6.07, 6.45) is 1.42. The van der Waals surface area contributed by atoms with Crippen molar-refractivity contribution in [3.8, 4) is 0 Å². The number of thiazole rings is 1. The molecule has 0 aliphatic carbocycles. The molecule has 0 N–H and O–H groups in total. The zero-order valence-corrected chi connectivity index (χ0v) is 16.8. The van der Waals surface area contributed by atoms with E-state index in [1.54, 1.807) is 17.6 Å². The summed E-state index contributed by atoms with van der Waals surface area (Å²) in [5.74, 6) is -0.892. The van der Waals surface area contributed by atoms with Crippen molar-refractivity contribution in [1.29, 1.82) is 0 Å². The van der Waals surface area contributed by atoms with E-state index in [1.807, 2.05) is 43.3 Å². The van der Waals surface area contributed by atoms with E-state index in [0.717, 1.165) is 15.8 Å². The van der Waals surface area contributed by atoms with Crippen molar-refractivity contribution in [2.75, 3.05) is 6.61 Å². The number of benzene rings is 2. The summed E-state index contributed by atoms with van der Waals surface area (Å²) in [6, 6.07) is 13.2. The van der Waals surface area contributed by atoms with Gasteiger partial charge >= 0.3 is 5.97 Å². The third kappa shape index (κ3) is 3.93. The Bertz CT molecular complexity index is 1310. The summed E-state index contributed by atoms with van der Waals surface area (Å²) in [4.78, 5) is 38.2. The highest BCUT2D eigenvalue weighted by atomic mass is 32.1. The lowest BCUT2D eigenvalue weighted by Gasteiger charge is -2.05. The van der Waals surface area contributed by atoms with Gasteiger partial charge in [-0.2, -0.15) is 4.99 Å². The van der Waals surface area contributed by atoms with Crippen molar-refractivity contribution < 1.29 is 14.3 Å². The van der Waals surface area contributed by atoms with Crippen molar-refractivity contribution in [1.82, 2.24) is 14.5 Å². The van der Waals surface area contributed by atoms with E-state index in [2.05, 4.69) is 15.0 Å². The highest BCUT2D eigenvalue weighted by Gasteiger charge is 2.14. The van der Waals surface area contributed by atoms with Crippen LogP contribution in [0.5, 0.6) is 0 Å². The van der Waals surface area contributed by atoms with Crippen molar-refractivity contribution in [2.24, 2.45) is 4.99 Å². The Morgan fingerprint density at radius 2 is 1.97 bits per heavy atom. The number of carbonyl (C=O) groups excluding carboxylic acids is 2. The van der Waals surface area contributed by atoms with Gasteiger partial charge in [-0.1, -0.05) is 29.5 Å². The number of amides is 1. The van der Waals surface area contributed by atoms with Gasteiger partial charge in [0, 0.05) is 0 Å². The fourth-order valence-electron chi connectivity index (χ4n) is 2.96. The van der Waals surface area contributed by atoms with Gasteiger partial charge < -0.3 is 9.30 Å². The van der Waals surface area contributed by atoms with Gasteiger partial charge in [-0.3, -0.25) is 14.6 Å². The molecule has 0 bridgehead atoms. The molecule has 2 heterocycles. The monoisotopic (exact) mass is 406 g/mol. The first-order valence-corrected chi connectivity index (χ1v) is 9.93. The molecule has 7 nitrogen and oxygen atoms in total. The molecule has 0 aliphatic heterocycles. The molecule has 0 fully saturated rings. The lowest BCUT2D eigenvalue weighted by atomic mass is 10.2. The molecule has 2 aromatic heterocycles. The average Bonchev–Trinajstić information content (AvgIpc) is 3.03. The molecule has 8 heteroatoms. The molecule has 0 spiro atoms. The smallest absolute Gasteiger partial charge is 0.326 e. The number of aromatic nitrogens is 3. The van der Waals surface area contributed by atoms with Gasteiger partial charge in [0.15, 0.2) is 4.80 Å². The first-order valence-electron chi connectivity index (χ1n) is 9.11. The molecular formula is C21H18N4O3S. The Kier molecular flexibility index (Phi) is 5.18. The minimum absolute atomic E-state index is 0.0214. The number of para-hydroxylation sites is 2. The van der Waals surface area contributed by atoms with E-state index in [0.29, 0.717) is 22.4 Å². The number of rotatable bonds is 4. The number of carbonyl (C=O) groups is 2. The molecule has 29 heavy (non-hydrogen) atoms. The number of ether oxygens (including phenoxy) is 1. The van der Waals surface area contributed by atoms with Gasteiger partial charge in [-0.15, -0.1) is 0 Å². The van der Waals surface area contributed by atoms with E-state index in [9.17, 15) is 9.59 Å². The fraction of sp³-hybridized carbons (Fsp3) is 0.190. The molecule has 0 atom stereocenters. The molecule has 146 valence electrons. The second-order valence-electron chi connectivity index (χ2n) is 6.41. The molecule has 0 aliphatic rings. The number of aryl methyl sites for hydroxylation is 1. The number of esters is 1. The predicted molar refractivity (Wildman–Crippen MR) is 111 cm³/mol. The quantitative estimate of drug-likeness (QED) is 0.486. The van der Waals surface area contributed by atoms with Crippen molar-refractivity contribution in [3.05, 3.63) is 64.7 Å². The summed E-state index contributed by atoms with van der Waals surface area (Å²) >= 11 is 1.34. The van der Waals surface area contributed by atoms with E-state index in [4.69, 9.17) is 4.74 Å². The van der Waals surface area contributed by atoms with E-state index >= 15 is 0 Å². The van der Waals surface area contributed by atoms with Gasteiger partial charge in [-0.05, 0) is 43.7 Å². The van der Waals surface area contributed by atoms with E-state index in [1.165, 1.54) is 17.5 Å². The van der Waals surface area contributed by atoms with Gasteiger partial charge in [0.05, 0.1) is 34.1 Å². The maximum atomic E-state index is 12.8.